The van der Waals surface area contributed by atoms with E-state index in [2.05, 4.69) is 0 Å². The van der Waals surface area contributed by atoms with Crippen LogP contribution in [0.3, 0.4) is 0 Å². The number of Topliss-reactive ketones (excluding diaryl/α,β-unsaturated/α-hetero) is 1. The molecule has 0 aliphatic rings. The number of benzene rings is 1. The van der Waals surface area contributed by atoms with E-state index in [0.29, 0.717) is 5.02 Å². The van der Waals surface area contributed by atoms with Crippen LogP contribution in [0, 0.1) is 0 Å². The molecule has 1 unspecified atom stereocenters. The van der Waals surface area contributed by atoms with Crippen LogP contribution in [0.1, 0.15) is 19.4 Å². The smallest absolute Gasteiger partial charge is 0.141 e. The topological polar surface area (TPSA) is 17.1 Å². The van der Waals surface area contributed by atoms with E-state index >= 15 is 0 Å². The van der Waals surface area contributed by atoms with Crippen molar-refractivity contribution in [1.29, 1.82) is 0 Å². The van der Waals surface area contributed by atoms with Crippen LogP contribution in [-0.4, -0.2) is 11.7 Å². The molecule has 14 heavy (non-hydrogen) atoms. The van der Waals surface area contributed by atoms with Gasteiger partial charge in [-0.3, -0.25) is 4.79 Å². The monoisotopic (exact) mass is 230 g/mol. The first-order valence-corrected chi connectivity index (χ1v) is 5.25. The molecule has 0 radical (unpaired) electrons. The van der Waals surface area contributed by atoms with Crippen LogP contribution in [0.4, 0.5) is 0 Å². The molecule has 1 nitrogen and oxygen atoms in total. The van der Waals surface area contributed by atoms with Gasteiger partial charge in [0.2, 0.25) is 0 Å². The van der Waals surface area contributed by atoms with Crippen molar-refractivity contribution in [2.24, 2.45) is 0 Å². The van der Waals surface area contributed by atoms with Crippen LogP contribution in [0.25, 0.3) is 0 Å². The first kappa shape index (κ1) is 11.5. The van der Waals surface area contributed by atoms with Gasteiger partial charge in [0.15, 0.2) is 0 Å². The van der Waals surface area contributed by atoms with E-state index in [4.69, 9.17) is 23.2 Å². The molecule has 0 heterocycles. The zero-order valence-corrected chi connectivity index (χ0v) is 9.69. The predicted octanol–water partition coefficient (Wildman–Crippen LogP) is 3.43. The molecule has 1 rings (SSSR count). The van der Waals surface area contributed by atoms with Crippen molar-refractivity contribution < 1.29 is 4.79 Å². The number of alkyl halides is 1. The molecule has 0 N–H and O–H groups in total. The highest BCUT2D eigenvalue weighted by Gasteiger charge is 2.30. The van der Waals surface area contributed by atoms with E-state index in [1.54, 1.807) is 19.1 Å². The molecule has 0 aromatic heterocycles. The summed E-state index contributed by atoms with van der Waals surface area (Å²) in [5.74, 6) is 0.346. The molecule has 3 heteroatoms. The third-order valence-electron chi connectivity index (χ3n) is 2.53. The zero-order valence-electron chi connectivity index (χ0n) is 8.18. The van der Waals surface area contributed by atoms with Gasteiger partial charge >= 0.3 is 0 Å². The first-order valence-electron chi connectivity index (χ1n) is 4.34. The highest BCUT2D eigenvalue weighted by atomic mass is 35.5. The Labute approximate surface area is 94.0 Å². The Balaban J connectivity index is 3.13. The molecule has 0 saturated heterocycles. The summed E-state index contributed by atoms with van der Waals surface area (Å²) in [5.41, 5.74) is 0.302. The molecular weight excluding hydrogens is 219 g/mol. The summed E-state index contributed by atoms with van der Waals surface area (Å²) in [6.07, 6.45) is 0. The number of carbonyl (C=O) groups is 1. The Morgan fingerprint density at radius 2 is 1.86 bits per heavy atom. The third-order valence-corrected chi connectivity index (χ3v) is 3.31. The number of ketones is 1. The fraction of sp³-hybridized carbons (Fsp3) is 0.364. The lowest BCUT2D eigenvalue weighted by Gasteiger charge is -2.24. The Morgan fingerprint density at radius 3 is 2.21 bits per heavy atom. The van der Waals surface area contributed by atoms with Crippen molar-refractivity contribution in [1.82, 2.24) is 0 Å². The molecule has 0 aliphatic heterocycles. The minimum atomic E-state index is -0.605. The van der Waals surface area contributed by atoms with Gasteiger partial charge < -0.3 is 0 Å². The largest absolute Gasteiger partial charge is 0.299 e. The number of rotatable bonds is 3. The Morgan fingerprint density at radius 1 is 1.36 bits per heavy atom. The van der Waals surface area contributed by atoms with Gasteiger partial charge in [-0.1, -0.05) is 23.7 Å². The van der Waals surface area contributed by atoms with Gasteiger partial charge in [-0.25, -0.2) is 0 Å². The van der Waals surface area contributed by atoms with Crippen molar-refractivity contribution in [3.05, 3.63) is 34.9 Å². The van der Waals surface area contributed by atoms with E-state index in [1.807, 2.05) is 19.1 Å². The van der Waals surface area contributed by atoms with Crippen LogP contribution in [0.15, 0.2) is 24.3 Å². The summed E-state index contributed by atoms with van der Waals surface area (Å²) in [4.78, 5) is 11.5. The quantitative estimate of drug-likeness (QED) is 0.728. The summed E-state index contributed by atoms with van der Waals surface area (Å²) in [6.45, 7) is 3.39. The van der Waals surface area contributed by atoms with Crippen molar-refractivity contribution >= 4 is 29.0 Å². The van der Waals surface area contributed by atoms with E-state index in [-0.39, 0.29) is 11.7 Å². The second kappa shape index (κ2) is 4.33. The highest BCUT2D eigenvalue weighted by Crippen LogP contribution is 2.27. The fourth-order valence-electron chi connectivity index (χ4n) is 1.19. The normalized spacial score (nSPS) is 14.9. The number of hydrogen-bond acceptors (Lipinski definition) is 1. The third kappa shape index (κ3) is 2.10. The SMILES string of the molecule is CC(=O)C(C)(CCl)c1ccc(Cl)cc1. The maximum absolute atomic E-state index is 11.5. The van der Waals surface area contributed by atoms with E-state index in [0.717, 1.165) is 5.56 Å². The average molecular weight is 231 g/mol. The maximum atomic E-state index is 11.5. The van der Waals surface area contributed by atoms with Gasteiger partial charge in [-0.15, -0.1) is 11.6 Å². The molecule has 1 atom stereocenters. The van der Waals surface area contributed by atoms with Crippen LogP contribution in [-0.2, 0) is 10.2 Å². The fourth-order valence-corrected chi connectivity index (χ4v) is 1.66. The molecule has 0 saturated carbocycles. The van der Waals surface area contributed by atoms with Gasteiger partial charge in [0.05, 0.1) is 5.41 Å². The van der Waals surface area contributed by atoms with Gasteiger partial charge in [-0.2, -0.15) is 0 Å². The second-order valence-electron chi connectivity index (χ2n) is 3.53. The van der Waals surface area contributed by atoms with Crippen LogP contribution < -0.4 is 0 Å². The summed E-state index contributed by atoms with van der Waals surface area (Å²) < 4.78 is 0. The Kier molecular flexibility index (Phi) is 3.57. The standard InChI is InChI=1S/C11H12Cl2O/c1-8(14)11(2,7-12)9-3-5-10(13)6-4-9/h3-6H,7H2,1-2H3. The number of hydrogen-bond donors (Lipinski definition) is 0. The molecule has 0 fully saturated rings. The lowest BCUT2D eigenvalue weighted by atomic mass is 9.81. The van der Waals surface area contributed by atoms with Gasteiger partial charge in [0.1, 0.15) is 5.78 Å². The Bertz CT molecular complexity index is 332. The maximum Gasteiger partial charge on any atom is 0.141 e. The molecular formula is C11H12Cl2O. The van der Waals surface area contributed by atoms with Gasteiger partial charge in [-0.05, 0) is 31.5 Å². The van der Waals surface area contributed by atoms with Crippen molar-refractivity contribution in [2.75, 3.05) is 5.88 Å². The summed E-state index contributed by atoms with van der Waals surface area (Å²) in [6, 6.07) is 7.22. The first-order chi connectivity index (χ1) is 6.50. The summed E-state index contributed by atoms with van der Waals surface area (Å²) >= 11 is 11.6. The van der Waals surface area contributed by atoms with E-state index < -0.39 is 5.41 Å². The molecule has 0 amide bonds. The van der Waals surface area contributed by atoms with E-state index in [9.17, 15) is 4.79 Å². The number of halogens is 2. The summed E-state index contributed by atoms with van der Waals surface area (Å²) in [5, 5.41) is 0.661. The lowest BCUT2D eigenvalue weighted by Crippen LogP contribution is -2.32. The summed E-state index contributed by atoms with van der Waals surface area (Å²) in [7, 11) is 0. The Hall–Kier alpha value is -0.530. The van der Waals surface area contributed by atoms with Crippen molar-refractivity contribution in [3.8, 4) is 0 Å². The predicted molar refractivity (Wildman–Crippen MR) is 60.2 cm³/mol. The average Bonchev–Trinajstić information content (AvgIpc) is 2.17. The van der Waals surface area contributed by atoms with Crippen LogP contribution in [0.2, 0.25) is 5.02 Å². The number of carbonyl (C=O) groups excluding carboxylic acids is 1. The molecule has 0 spiro atoms. The van der Waals surface area contributed by atoms with Crippen LogP contribution in [0.5, 0.6) is 0 Å². The van der Waals surface area contributed by atoms with Gasteiger partial charge in [0.25, 0.3) is 0 Å². The minimum Gasteiger partial charge on any atom is -0.299 e. The van der Waals surface area contributed by atoms with Crippen molar-refractivity contribution in [3.63, 3.8) is 0 Å². The second-order valence-corrected chi connectivity index (χ2v) is 4.23. The zero-order chi connectivity index (χ0) is 10.8. The van der Waals surface area contributed by atoms with Crippen molar-refractivity contribution in [2.45, 2.75) is 19.3 Å². The molecule has 1 aromatic rings. The van der Waals surface area contributed by atoms with E-state index in [1.165, 1.54) is 0 Å². The molecule has 76 valence electrons. The highest BCUT2D eigenvalue weighted by molar-refractivity contribution is 6.30. The molecule has 1 aromatic carbocycles. The lowest BCUT2D eigenvalue weighted by molar-refractivity contribution is -0.121. The molecule has 0 aliphatic carbocycles. The van der Waals surface area contributed by atoms with Gasteiger partial charge in [0, 0.05) is 10.9 Å². The van der Waals surface area contributed by atoms with Crippen LogP contribution >= 0.6 is 23.2 Å². The minimum absolute atomic E-state index is 0.0647. The molecule has 0 bridgehead atoms.